The van der Waals surface area contributed by atoms with Crippen molar-refractivity contribution in [1.82, 2.24) is 4.90 Å². The lowest BCUT2D eigenvalue weighted by Gasteiger charge is -2.28. The summed E-state index contributed by atoms with van der Waals surface area (Å²) in [7, 11) is 1.76. The van der Waals surface area contributed by atoms with Crippen molar-refractivity contribution in [2.24, 2.45) is 0 Å². The molecule has 0 unspecified atom stereocenters. The van der Waals surface area contributed by atoms with E-state index in [0.29, 0.717) is 0 Å². The fourth-order valence-corrected chi connectivity index (χ4v) is 2.07. The summed E-state index contributed by atoms with van der Waals surface area (Å²) in [5, 5.41) is 4.03. The van der Waals surface area contributed by atoms with E-state index in [0.717, 1.165) is 18.5 Å². The number of rotatable bonds is 1. The molecule has 1 aliphatic rings. The number of nitrogens with zero attached hydrogens (tertiary/aromatic N) is 1. The van der Waals surface area contributed by atoms with E-state index in [-0.39, 0.29) is 12.2 Å². The van der Waals surface area contributed by atoms with Crippen LogP contribution in [0.4, 0.5) is 4.79 Å². The molecule has 1 amide bonds. The van der Waals surface area contributed by atoms with Gasteiger partial charge in [-0.2, -0.15) is 11.3 Å². The lowest BCUT2D eigenvalue weighted by Crippen LogP contribution is -2.35. The predicted octanol–water partition coefficient (Wildman–Crippen LogP) is 2.26. The van der Waals surface area contributed by atoms with E-state index in [2.05, 4.69) is 0 Å². The van der Waals surface area contributed by atoms with Gasteiger partial charge in [0.15, 0.2) is 0 Å². The molecule has 0 bridgehead atoms. The molecule has 13 heavy (non-hydrogen) atoms. The van der Waals surface area contributed by atoms with E-state index >= 15 is 0 Å². The zero-order chi connectivity index (χ0) is 9.26. The van der Waals surface area contributed by atoms with Crippen molar-refractivity contribution in [3.8, 4) is 0 Å². The minimum absolute atomic E-state index is 0.0325. The number of cyclic esters (lactones) is 1. The van der Waals surface area contributed by atoms with Crippen LogP contribution in [0.3, 0.4) is 0 Å². The molecule has 2 heterocycles. The molecule has 1 aliphatic heterocycles. The number of hydrogen-bond donors (Lipinski definition) is 0. The standard InChI is InChI=1S/C9H11NO2S/c1-10-4-2-8(12-9(10)11)7-3-5-13-6-7/h3,5-6,8H,2,4H2,1H3/t8-/m0/s1. The zero-order valence-corrected chi connectivity index (χ0v) is 8.21. The summed E-state index contributed by atoms with van der Waals surface area (Å²) >= 11 is 1.63. The van der Waals surface area contributed by atoms with Gasteiger partial charge in [0.1, 0.15) is 6.10 Å². The van der Waals surface area contributed by atoms with Gasteiger partial charge in [0.05, 0.1) is 0 Å². The Hall–Kier alpha value is -1.03. The Bertz CT molecular complexity index is 297. The van der Waals surface area contributed by atoms with Crippen LogP contribution in [-0.2, 0) is 4.74 Å². The van der Waals surface area contributed by atoms with Crippen molar-refractivity contribution in [2.75, 3.05) is 13.6 Å². The second-order valence-electron chi connectivity index (χ2n) is 3.14. The first-order chi connectivity index (χ1) is 6.27. The number of carbonyl (C=O) groups is 1. The third-order valence-electron chi connectivity index (χ3n) is 2.20. The molecule has 1 atom stereocenters. The SMILES string of the molecule is CN1CC[C@@H](c2ccsc2)OC1=O. The summed E-state index contributed by atoms with van der Waals surface area (Å²) in [6, 6.07) is 2.01. The summed E-state index contributed by atoms with van der Waals surface area (Å²) in [5.41, 5.74) is 1.12. The highest BCUT2D eigenvalue weighted by Crippen LogP contribution is 2.27. The molecule has 4 heteroatoms. The highest BCUT2D eigenvalue weighted by atomic mass is 32.1. The predicted molar refractivity (Wildman–Crippen MR) is 50.8 cm³/mol. The second-order valence-corrected chi connectivity index (χ2v) is 3.92. The maximum absolute atomic E-state index is 11.2. The maximum Gasteiger partial charge on any atom is 0.410 e. The molecule has 2 rings (SSSR count). The van der Waals surface area contributed by atoms with E-state index in [1.165, 1.54) is 0 Å². The molecule has 0 saturated carbocycles. The van der Waals surface area contributed by atoms with Crippen molar-refractivity contribution in [2.45, 2.75) is 12.5 Å². The van der Waals surface area contributed by atoms with Gasteiger partial charge in [0.2, 0.25) is 0 Å². The molecule has 1 saturated heterocycles. The van der Waals surface area contributed by atoms with Crippen molar-refractivity contribution in [1.29, 1.82) is 0 Å². The van der Waals surface area contributed by atoms with Crippen LogP contribution in [0.2, 0.25) is 0 Å². The van der Waals surface area contributed by atoms with E-state index < -0.39 is 0 Å². The largest absolute Gasteiger partial charge is 0.441 e. The molecular weight excluding hydrogens is 186 g/mol. The first-order valence-corrected chi connectivity index (χ1v) is 5.15. The molecule has 0 radical (unpaired) electrons. The first kappa shape index (κ1) is 8.56. The normalized spacial score (nSPS) is 23.0. The van der Waals surface area contributed by atoms with Gasteiger partial charge in [-0.3, -0.25) is 0 Å². The third-order valence-corrected chi connectivity index (χ3v) is 2.90. The quantitative estimate of drug-likeness (QED) is 0.691. The Balaban J connectivity index is 2.08. The molecule has 0 N–H and O–H groups in total. The molecule has 3 nitrogen and oxygen atoms in total. The molecular formula is C9H11NO2S. The highest BCUT2D eigenvalue weighted by Gasteiger charge is 2.25. The molecule has 1 aromatic rings. The second kappa shape index (κ2) is 3.38. The molecule has 70 valence electrons. The zero-order valence-electron chi connectivity index (χ0n) is 7.40. The Labute approximate surface area is 80.9 Å². The summed E-state index contributed by atoms with van der Waals surface area (Å²) in [5.74, 6) is 0. The maximum atomic E-state index is 11.2. The van der Waals surface area contributed by atoms with Crippen LogP contribution in [0.1, 0.15) is 18.1 Å². The third kappa shape index (κ3) is 1.67. The van der Waals surface area contributed by atoms with Crippen LogP contribution in [0, 0.1) is 0 Å². The van der Waals surface area contributed by atoms with Crippen molar-refractivity contribution in [3.05, 3.63) is 22.4 Å². The lowest BCUT2D eigenvalue weighted by molar-refractivity contribution is 0.0326. The smallest absolute Gasteiger partial charge is 0.410 e. The number of carbonyl (C=O) groups excluding carboxylic acids is 1. The van der Waals surface area contributed by atoms with Crippen LogP contribution in [0.5, 0.6) is 0 Å². The average Bonchev–Trinajstić information content (AvgIpc) is 2.62. The monoisotopic (exact) mass is 197 g/mol. The highest BCUT2D eigenvalue weighted by molar-refractivity contribution is 7.07. The van der Waals surface area contributed by atoms with Crippen molar-refractivity contribution >= 4 is 17.4 Å². The number of thiophene rings is 1. The van der Waals surface area contributed by atoms with Crippen molar-refractivity contribution in [3.63, 3.8) is 0 Å². The van der Waals surface area contributed by atoms with E-state index in [1.54, 1.807) is 23.3 Å². The van der Waals surface area contributed by atoms with Crippen LogP contribution >= 0.6 is 11.3 Å². The first-order valence-electron chi connectivity index (χ1n) is 4.21. The molecule has 0 aliphatic carbocycles. The summed E-state index contributed by atoms with van der Waals surface area (Å²) in [6.45, 7) is 0.777. The van der Waals surface area contributed by atoms with Crippen LogP contribution < -0.4 is 0 Å². The van der Waals surface area contributed by atoms with Gasteiger partial charge in [0.25, 0.3) is 0 Å². The number of amides is 1. The van der Waals surface area contributed by atoms with E-state index in [4.69, 9.17) is 4.74 Å². The minimum Gasteiger partial charge on any atom is -0.441 e. The molecule has 1 fully saturated rings. The molecule has 0 spiro atoms. The summed E-state index contributed by atoms with van der Waals surface area (Å²) < 4.78 is 5.24. The van der Waals surface area contributed by atoms with Gasteiger partial charge in [-0.25, -0.2) is 4.79 Å². The molecule has 0 aromatic carbocycles. The summed E-state index contributed by atoms with van der Waals surface area (Å²) in [4.78, 5) is 12.8. The fourth-order valence-electron chi connectivity index (χ4n) is 1.37. The van der Waals surface area contributed by atoms with Crippen LogP contribution in [0.15, 0.2) is 16.8 Å². The van der Waals surface area contributed by atoms with Gasteiger partial charge < -0.3 is 9.64 Å². The van der Waals surface area contributed by atoms with Crippen molar-refractivity contribution < 1.29 is 9.53 Å². The van der Waals surface area contributed by atoms with E-state index in [1.807, 2.05) is 16.8 Å². The Kier molecular flexibility index (Phi) is 2.22. The Morgan fingerprint density at radius 3 is 3.15 bits per heavy atom. The Morgan fingerprint density at radius 2 is 2.54 bits per heavy atom. The number of hydrogen-bond acceptors (Lipinski definition) is 3. The van der Waals surface area contributed by atoms with Crippen LogP contribution in [-0.4, -0.2) is 24.6 Å². The van der Waals surface area contributed by atoms with Gasteiger partial charge in [0, 0.05) is 25.6 Å². The lowest BCUT2D eigenvalue weighted by atomic mass is 10.1. The van der Waals surface area contributed by atoms with Gasteiger partial charge in [-0.05, 0) is 16.8 Å². The molecule has 1 aromatic heterocycles. The average molecular weight is 197 g/mol. The summed E-state index contributed by atoms with van der Waals surface area (Å²) in [6.07, 6.45) is 0.635. The van der Waals surface area contributed by atoms with Gasteiger partial charge in [-0.15, -0.1) is 0 Å². The van der Waals surface area contributed by atoms with Gasteiger partial charge >= 0.3 is 6.09 Å². The minimum atomic E-state index is -0.220. The van der Waals surface area contributed by atoms with E-state index in [9.17, 15) is 4.79 Å². The Morgan fingerprint density at radius 1 is 1.69 bits per heavy atom. The van der Waals surface area contributed by atoms with Gasteiger partial charge in [-0.1, -0.05) is 0 Å². The fraction of sp³-hybridized carbons (Fsp3) is 0.444. The van der Waals surface area contributed by atoms with Crippen LogP contribution in [0.25, 0.3) is 0 Å². The topological polar surface area (TPSA) is 29.5 Å². The number of ether oxygens (including phenoxy) is 1.